The number of anilines is 3. The predicted molar refractivity (Wildman–Crippen MR) is 121 cm³/mol. The highest BCUT2D eigenvalue weighted by Gasteiger charge is 2.32. The summed E-state index contributed by atoms with van der Waals surface area (Å²) in [5.41, 5.74) is 1.47. The molecule has 1 aromatic carbocycles. The fraction of sp³-hybridized carbons (Fsp3) is 0.273. The number of rotatable bonds is 6. The van der Waals surface area contributed by atoms with Gasteiger partial charge < -0.3 is 19.5 Å². The van der Waals surface area contributed by atoms with Crippen molar-refractivity contribution in [3.63, 3.8) is 0 Å². The molecule has 0 aliphatic carbocycles. The van der Waals surface area contributed by atoms with Crippen LogP contribution in [0.5, 0.6) is 0 Å². The van der Waals surface area contributed by atoms with Crippen molar-refractivity contribution in [2.75, 3.05) is 48.5 Å². The fourth-order valence-corrected chi connectivity index (χ4v) is 3.66. The highest BCUT2D eigenvalue weighted by molar-refractivity contribution is 5.90. The number of likely N-dealkylation sites (N-methyl/N-ethyl adjacent to an activating group) is 1. The average molecular weight is 451 g/mol. The van der Waals surface area contributed by atoms with E-state index in [1.807, 2.05) is 24.1 Å². The lowest BCUT2D eigenvalue weighted by molar-refractivity contribution is 0.146. The smallest absolute Gasteiger partial charge is 0.414 e. The third-order valence-electron chi connectivity index (χ3n) is 5.46. The number of carbonyl (C=O) groups is 1. The molecule has 1 fully saturated rings. The van der Waals surface area contributed by atoms with E-state index in [0.29, 0.717) is 41.6 Å². The zero-order valence-corrected chi connectivity index (χ0v) is 17.9. The molecule has 1 saturated heterocycles. The standard InChI is InChI=1S/C22H22FN7O3/c1-28-8-9-30(26-14-28)20-5-2-15(11-24-20)18-4-3-16(10-19(18)23)29-13-17(32-22(29)31)12-25-21-6-7-27-33-21/h2-7,10-11,14,17,25H,8-9,12-13H2,1H3/t17-/m0/s1. The Balaban J connectivity index is 1.26. The van der Waals surface area contributed by atoms with Gasteiger partial charge in [0.25, 0.3) is 0 Å². The number of hydrogen-bond donors (Lipinski definition) is 1. The van der Waals surface area contributed by atoms with Crippen LogP contribution < -0.4 is 15.2 Å². The van der Waals surface area contributed by atoms with E-state index >= 15 is 0 Å². The van der Waals surface area contributed by atoms with E-state index in [0.717, 1.165) is 13.1 Å². The van der Waals surface area contributed by atoms with E-state index in [-0.39, 0.29) is 0 Å². The average Bonchev–Trinajstić information content (AvgIpc) is 3.48. The molecule has 1 amide bonds. The van der Waals surface area contributed by atoms with Crippen LogP contribution in [-0.4, -0.2) is 66.8 Å². The van der Waals surface area contributed by atoms with Crippen molar-refractivity contribution >= 4 is 29.8 Å². The van der Waals surface area contributed by atoms with Crippen molar-refractivity contribution in [2.24, 2.45) is 5.10 Å². The zero-order chi connectivity index (χ0) is 22.8. The van der Waals surface area contributed by atoms with E-state index in [9.17, 15) is 9.18 Å². The van der Waals surface area contributed by atoms with Crippen LogP contribution in [0.3, 0.4) is 0 Å². The number of nitrogens with zero attached hydrogens (tertiary/aromatic N) is 6. The Morgan fingerprint density at radius 3 is 2.82 bits per heavy atom. The molecule has 2 aromatic heterocycles. The van der Waals surface area contributed by atoms with Gasteiger partial charge in [-0.1, -0.05) is 5.16 Å². The van der Waals surface area contributed by atoms with Crippen LogP contribution in [-0.2, 0) is 4.74 Å². The number of halogens is 1. The third-order valence-corrected chi connectivity index (χ3v) is 5.46. The fourth-order valence-electron chi connectivity index (χ4n) is 3.66. The Hall–Kier alpha value is -4.15. The van der Waals surface area contributed by atoms with Gasteiger partial charge >= 0.3 is 6.09 Å². The molecule has 2 aliphatic heterocycles. The van der Waals surface area contributed by atoms with Crippen LogP contribution in [0.15, 0.2) is 58.4 Å². The monoisotopic (exact) mass is 451 g/mol. The minimum absolute atomic E-state index is 0.292. The van der Waals surface area contributed by atoms with Crippen LogP contribution in [0.4, 0.5) is 26.6 Å². The molecule has 33 heavy (non-hydrogen) atoms. The topological polar surface area (TPSA) is 99.3 Å². The van der Waals surface area contributed by atoms with E-state index in [2.05, 4.69) is 20.6 Å². The number of hydrazone groups is 1. The lowest BCUT2D eigenvalue weighted by Crippen LogP contribution is -2.35. The van der Waals surface area contributed by atoms with Crippen LogP contribution in [0.25, 0.3) is 11.1 Å². The van der Waals surface area contributed by atoms with Gasteiger partial charge in [-0.3, -0.25) is 4.90 Å². The number of aromatic nitrogens is 2. The van der Waals surface area contributed by atoms with E-state index in [4.69, 9.17) is 9.26 Å². The number of nitrogens with one attached hydrogen (secondary N) is 1. The normalized spacial score (nSPS) is 18.1. The lowest BCUT2D eigenvalue weighted by Gasteiger charge is -2.26. The molecule has 1 N–H and O–H groups in total. The van der Waals surface area contributed by atoms with Crippen LogP contribution >= 0.6 is 0 Å². The second kappa shape index (κ2) is 8.77. The van der Waals surface area contributed by atoms with Gasteiger partial charge in [0.05, 0.1) is 31.5 Å². The summed E-state index contributed by atoms with van der Waals surface area (Å²) in [5.74, 6) is 0.736. The second-order valence-electron chi connectivity index (χ2n) is 7.78. The molecule has 0 spiro atoms. The van der Waals surface area contributed by atoms with E-state index in [1.165, 1.54) is 17.2 Å². The molecular weight excluding hydrogens is 429 g/mol. The quantitative estimate of drug-likeness (QED) is 0.611. The molecule has 0 unspecified atom stereocenters. The molecule has 11 heteroatoms. The van der Waals surface area contributed by atoms with Gasteiger partial charge in [-0.05, 0) is 30.3 Å². The number of benzene rings is 1. The summed E-state index contributed by atoms with van der Waals surface area (Å²) in [6.45, 7) is 2.22. The summed E-state index contributed by atoms with van der Waals surface area (Å²) in [6, 6.07) is 9.97. The molecule has 170 valence electrons. The van der Waals surface area contributed by atoms with Crippen molar-refractivity contribution in [2.45, 2.75) is 6.10 Å². The van der Waals surface area contributed by atoms with Crippen molar-refractivity contribution in [3.05, 3.63) is 54.6 Å². The second-order valence-corrected chi connectivity index (χ2v) is 7.78. The number of carbonyl (C=O) groups excluding carboxylic acids is 1. The lowest BCUT2D eigenvalue weighted by atomic mass is 10.1. The van der Waals surface area contributed by atoms with Gasteiger partial charge in [-0.2, -0.15) is 5.10 Å². The molecule has 1 atom stereocenters. The number of pyridine rings is 1. The molecule has 0 bridgehead atoms. The van der Waals surface area contributed by atoms with Crippen LogP contribution in [0.2, 0.25) is 0 Å². The van der Waals surface area contributed by atoms with Crippen molar-refractivity contribution in [1.29, 1.82) is 0 Å². The number of cyclic esters (lactones) is 1. The molecule has 5 rings (SSSR count). The summed E-state index contributed by atoms with van der Waals surface area (Å²) in [6.07, 6.45) is 3.96. The highest BCUT2D eigenvalue weighted by atomic mass is 19.1. The molecule has 3 aromatic rings. The molecule has 4 heterocycles. The Labute approximate surface area is 189 Å². The maximum atomic E-state index is 15.0. The Bertz CT molecular complexity index is 1150. The van der Waals surface area contributed by atoms with Crippen molar-refractivity contribution in [1.82, 2.24) is 15.0 Å². The van der Waals surface area contributed by atoms with Crippen molar-refractivity contribution in [3.8, 4) is 11.1 Å². The first-order chi connectivity index (χ1) is 16.1. The summed E-state index contributed by atoms with van der Waals surface area (Å²) in [7, 11) is 1.96. The van der Waals surface area contributed by atoms with Gasteiger partial charge in [0.15, 0.2) is 0 Å². The van der Waals surface area contributed by atoms with Crippen LogP contribution in [0, 0.1) is 5.82 Å². The number of amides is 1. The Morgan fingerprint density at radius 2 is 2.12 bits per heavy atom. The summed E-state index contributed by atoms with van der Waals surface area (Å²) in [5, 5.41) is 12.7. The molecule has 10 nitrogen and oxygen atoms in total. The number of hydrogen-bond acceptors (Lipinski definition) is 9. The molecule has 0 radical (unpaired) electrons. The van der Waals surface area contributed by atoms with Crippen molar-refractivity contribution < 1.29 is 18.4 Å². The maximum Gasteiger partial charge on any atom is 0.414 e. The van der Waals surface area contributed by atoms with Crippen LogP contribution in [0.1, 0.15) is 0 Å². The van der Waals surface area contributed by atoms with E-state index in [1.54, 1.807) is 35.7 Å². The molecule has 0 saturated carbocycles. The largest absolute Gasteiger partial charge is 0.442 e. The van der Waals surface area contributed by atoms with Gasteiger partial charge in [0.2, 0.25) is 5.88 Å². The first-order valence-corrected chi connectivity index (χ1v) is 10.5. The number of ether oxygens (including phenoxy) is 1. The summed E-state index contributed by atoms with van der Waals surface area (Å²) < 4.78 is 25.3. The minimum atomic E-state index is -0.523. The zero-order valence-electron chi connectivity index (χ0n) is 17.9. The predicted octanol–water partition coefficient (Wildman–Crippen LogP) is 3.01. The molecule has 2 aliphatic rings. The maximum absolute atomic E-state index is 15.0. The van der Waals surface area contributed by atoms with Gasteiger partial charge in [0.1, 0.15) is 24.1 Å². The Morgan fingerprint density at radius 1 is 1.21 bits per heavy atom. The summed E-state index contributed by atoms with van der Waals surface area (Å²) >= 11 is 0. The Kier molecular flexibility index (Phi) is 5.51. The highest BCUT2D eigenvalue weighted by Crippen LogP contribution is 2.29. The summed E-state index contributed by atoms with van der Waals surface area (Å²) in [4.78, 5) is 20.1. The SMILES string of the molecule is CN1C=NN(c2ccc(-c3ccc(N4C[C@H](CNc5ccno5)OC4=O)cc3F)cn2)CC1. The van der Waals surface area contributed by atoms with Gasteiger partial charge in [0, 0.05) is 37.0 Å². The first kappa shape index (κ1) is 20.7. The third kappa shape index (κ3) is 4.43. The van der Waals surface area contributed by atoms with Gasteiger partial charge in [-0.15, -0.1) is 0 Å². The van der Waals surface area contributed by atoms with Gasteiger partial charge in [-0.25, -0.2) is 19.2 Å². The molecular formula is C22H22FN7O3. The minimum Gasteiger partial charge on any atom is -0.442 e. The van der Waals surface area contributed by atoms with E-state index < -0.39 is 18.0 Å². The first-order valence-electron chi connectivity index (χ1n) is 10.5.